The number of carbonyl (C=O) groups is 2. The van der Waals surface area contributed by atoms with Crippen LogP contribution in [0.15, 0.2) is 11.4 Å². The van der Waals surface area contributed by atoms with Gasteiger partial charge in [0.05, 0.1) is 6.04 Å². The Balaban J connectivity index is 2.10. The molecule has 98 valence electrons. The summed E-state index contributed by atoms with van der Waals surface area (Å²) in [5, 5.41) is 13.5. The summed E-state index contributed by atoms with van der Waals surface area (Å²) in [4.78, 5) is 25.2. The van der Waals surface area contributed by atoms with Crippen LogP contribution in [0.5, 0.6) is 0 Å². The molecule has 0 spiro atoms. The van der Waals surface area contributed by atoms with Gasteiger partial charge in [0.15, 0.2) is 0 Å². The molecule has 2 rings (SSSR count). The zero-order chi connectivity index (χ0) is 13.1. The van der Waals surface area contributed by atoms with Crippen molar-refractivity contribution in [1.82, 2.24) is 10.2 Å². The molecule has 6 heteroatoms. The van der Waals surface area contributed by atoms with Crippen molar-refractivity contribution in [3.8, 4) is 0 Å². The number of amides is 1. The summed E-state index contributed by atoms with van der Waals surface area (Å²) >= 11 is 1.23. The first kappa shape index (κ1) is 13.0. The predicted octanol–water partition coefficient (Wildman–Crippen LogP) is 1.16. The highest BCUT2D eigenvalue weighted by Gasteiger charge is 2.30. The summed E-state index contributed by atoms with van der Waals surface area (Å²) in [7, 11) is 1.63. The van der Waals surface area contributed by atoms with Gasteiger partial charge in [-0.3, -0.25) is 9.69 Å². The normalized spacial score (nSPS) is 19.9. The SMILES string of the molecule is CNC(=O)C1CCCN1Cc1ccsc1C(=O)O. The minimum Gasteiger partial charge on any atom is -0.477 e. The average molecular weight is 268 g/mol. The van der Waals surface area contributed by atoms with Crippen molar-refractivity contribution in [2.24, 2.45) is 0 Å². The van der Waals surface area contributed by atoms with Crippen molar-refractivity contribution >= 4 is 23.2 Å². The molecule has 1 atom stereocenters. The molecule has 1 unspecified atom stereocenters. The molecule has 0 radical (unpaired) electrons. The molecule has 1 aromatic rings. The monoisotopic (exact) mass is 268 g/mol. The van der Waals surface area contributed by atoms with E-state index >= 15 is 0 Å². The molecule has 1 saturated heterocycles. The molecule has 0 aromatic carbocycles. The molecule has 0 saturated carbocycles. The van der Waals surface area contributed by atoms with E-state index in [1.54, 1.807) is 12.4 Å². The maximum atomic E-state index is 11.7. The summed E-state index contributed by atoms with van der Waals surface area (Å²) in [6.45, 7) is 1.37. The highest BCUT2D eigenvalue weighted by molar-refractivity contribution is 7.12. The van der Waals surface area contributed by atoms with E-state index in [1.807, 2.05) is 11.0 Å². The van der Waals surface area contributed by atoms with Gasteiger partial charge in [0.2, 0.25) is 5.91 Å². The van der Waals surface area contributed by atoms with Gasteiger partial charge in [-0.25, -0.2) is 4.79 Å². The van der Waals surface area contributed by atoms with E-state index in [2.05, 4.69) is 5.32 Å². The molecule has 2 heterocycles. The Morgan fingerprint density at radius 3 is 3.06 bits per heavy atom. The number of likely N-dealkylation sites (tertiary alicyclic amines) is 1. The maximum absolute atomic E-state index is 11.7. The van der Waals surface area contributed by atoms with Crippen LogP contribution in [0.3, 0.4) is 0 Å². The number of nitrogens with one attached hydrogen (secondary N) is 1. The van der Waals surface area contributed by atoms with E-state index in [4.69, 9.17) is 5.11 Å². The van der Waals surface area contributed by atoms with Gasteiger partial charge in [0.1, 0.15) is 4.88 Å². The fourth-order valence-corrected chi connectivity index (χ4v) is 3.10. The van der Waals surface area contributed by atoms with Crippen molar-refractivity contribution < 1.29 is 14.7 Å². The smallest absolute Gasteiger partial charge is 0.346 e. The van der Waals surface area contributed by atoms with E-state index < -0.39 is 5.97 Å². The quantitative estimate of drug-likeness (QED) is 0.859. The number of aromatic carboxylic acids is 1. The van der Waals surface area contributed by atoms with Gasteiger partial charge in [-0.1, -0.05) is 0 Å². The predicted molar refractivity (Wildman–Crippen MR) is 68.8 cm³/mol. The van der Waals surface area contributed by atoms with Crippen molar-refractivity contribution in [2.45, 2.75) is 25.4 Å². The zero-order valence-corrected chi connectivity index (χ0v) is 11.0. The Morgan fingerprint density at radius 1 is 1.61 bits per heavy atom. The second-order valence-electron chi connectivity index (χ2n) is 4.32. The lowest BCUT2D eigenvalue weighted by Crippen LogP contribution is -2.41. The number of thiophene rings is 1. The Hall–Kier alpha value is -1.40. The summed E-state index contributed by atoms with van der Waals surface area (Å²) in [6.07, 6.45) is 1.82. The Morgan fingerprint density at radius 2 is 2.39 bits per heavy atom. The molecular formula is C12H16N2O3S. The van der Waals surface area contributed by atoms with Crippen molar-refractivity contribution in [1.29, 1.82) is 0 Å². The molecular weight excluding hydrogens is 252 g/mol. The molecule has 1 aliphatic rings. The largest absolute Gasteiger partial charge is 0.477 e. The first-order chi connectivity index (χ1) is 8.63. The molecule has 18 heavy (non-hydrogen) atoms. The van der Waals surface area contributed by atoms with E-state index in [0.717, 1.165) is 24.9 Å². The fourth-order valence-electron chi connectivity index (χ4n) is 2.35. The van der Waals surface area contributed by atoms with Crippen LogP contribution in [0.1, 0.15) is 28.1 Å². The lowest BCUT2D eigenvalue weighted by atomic mass is 10.2. The maximum Gasteiger partial charge on any atom is 0.346 e. The third-order valence-corrected chi connectivity index (χ3v) is 4.17. The molecule has 1 aromatic heterocycles. The van der Waals surface area contributed by atoms with Gasteiger partial charge >= 0.3 is 5.97 Å². The number of nitrogens with zero attached hydrogens (tertiary/aromatic N) is 1. The first-order valence-corrected chi connectivity index (χ1v) is 6.76. The Kier molecular flexibility index (Phi) is 3.98. The number of rotatable bonds is 4. The molecule has 5 nitrogen and oxygen atoms in total. The van der Waals surface area contributed by atoms with Crippen molar-refractivity contribution in [2.75, 3.05) is 13.6 Å². The third kappa shape index (κ3) is 2.54. The minimum absolute atomic E-state index is 0.0135. The van der Waals surface area contributed by atoms with Crippen LogP contribution in [-0.2, 0) is 11.3 Å². The highest BCUT2D eigenvalue weighted by Crippen LogP contribution is 2.24. The molecule has 1 aliphatic heterocycles. The van der Waals surface area contributed by atoms with Gasteiger partial charge in [0, 0.05) is 13.6 Å². The van der Waals surface area contributed by atoms with Crippen molar-refractivity contribution in [3.05, 3.63) is 21.9 Å². The summed E-state index contributed by atoms with van der Waals surface area (Å²) in [5.74, 6) is -0.879. The number of carboxylic acids is 1. The number of carboxylic acid groups (broad SMARTS) is 1. The topological polar surface area (TPSA) is 69.6 Å². The van der Waals surface area contributed by atoms with Crippen LogP contribution < -0.4 is 5.32 Å². The Bertz CT molecular complexity index is 458. The van der Waals surface area contributed by atoms with Crippen LogP contribution in [0.25, 0.3) is 0 Å². The molecule has 0 bridgehead atoms. The third-order valence-electron chi connectivity index (χ3n) is 3.23. The number of hydrogen-bond acceptors (Lipinski definition) is 4. The molecule has 2 N–H and O–H groups in total. The van der Waals surface area contributed by atoms with Gasteiger partial charge in [-0.05, 0) is 36.4 Å². The summed E-state index contributed by atoms with van der Waals surface area (Å²) in [5.41, 5.74) is 0.795. The zero-order valence-electron chi connectivity index (χ0n) is 10.2. The van der Waals surface area contributed by atoms with Gasteiger partial charge in [0.25, 0.3) is 0 Å². The van der Waals surface area contributed by atoms with E-state index in [-0.39, 0.29) is 11.9 Å². The average Bonchev–Trinajstić information content (AvgIpc) is 2.97. The summed E-state index contributed by atoms with van der Waals surface area (Å²) < 4.78 is 0. The molecule has 1 amide bonds. The highest BCUT2D eigenvalue weighted by atomic mass is 32.1. The van der Waals surface area contributed by atoms with Gasteiger partial charge in [-0.2, -0.15) is 0 Å². The van der Waals surface area contributed by atoms with E-state index in [0.29, 0.717) is 11.4 Å². The van der Waals surface area contributed by atoms with Crippen LogP contribution in [-0.4, -0.2) is 41.5 Å². The second kappa shape index (κ2) is 5.49. The molecule has 0 aliphatic carbocycles. The van der Waals surface area contributed by atoms with Crippen LogP contribution in [0.4, 0.5) is 0 Å². The first-order valence-electron chi connectivity index (χ1n) is 5.88. The lowest BCUT2D eigenvalue weighted by molar-refractivity contribution is -0.125. The standard InChI is InChI=1S/C12H16N2O3S/c1-13-11(15)9-3-2-5-14(9)7-8-4-6-18-10(8)12(16)17/h4,6,9H,2-3,5,7H2,1H3,(H,13,15)(H,16,17). The van der Waals surface area contributed by atoms with E-state index in [1.165, 1.54) is 11.3 Å². The minimum atomic E-state index is -0.893. The van der Waals surface area contributed by atoms with Gasteiger partial charge < -0.3 is 10.4 Å². The Labute approximate surface area is 109 Å². The van der Waals surface area contributed by atoms with Crippen molar-refractivity contribution in [3.63, 3.8) is 0 Å². The lowest BCUT2D eigenvalue weighted by Gasteiger charge is -2.22. The van der Waals surface area contributed by atoms with Crippen LogP contribution >= 0.6 is 11.3 Å². The molecule has 1 fully saturated rings. The number of likely N-dealkylation sites (N-methyl/N-ethyl adjacent to an activating group) is 1. The summed E-state index contributed by atoms with van der Waals surface area (Å²) in [6, 6.07) is 1.70. The van der Waals surface area contributed by atoms with E-state index in [9.17, 15) is 9.59 Å². The fraction of sp³-hybridized carbons (Fsp3) is 0.500. The van der Waals surface area contributed by atoms with Crippen LogP contribution in [0, 0.1) is 0 Å². The number of hydrogen-bond donors (Lipinski definition) is 2. The van der Waals surface area contributed by atoms with Gasteiger partial charge in [-0.15, -0.1) is 11.3 Å². The number of carbonyl (C=O) groups excluding carboxylic acids is 1. The van der Waals surface area contributed by atoms with Crippen LogP contribution in [0.2, 0.25) is 0 Å². The second-order valence-corrected chi connectivity index (χ2v) is 5.24.